The molecule has 1 N–H and O–H groups in total. The minimum Gasteiger partial charge on any atom is -0.459 e. The van der Waals surface area contributed by atoms with E-state index in [1.807, 2.05) is 0 Å². The van der Waals surface area contributed by atoms with Crippen LogP contribution < -0.4 is 0 Å². The van der Waals surface area contributed by atoms with Crippen molar-refractivity contribution in [3.05, 3.63) is 88.0 Å². The van der Waals surface area contributed by atoms with Gasteiger partial charge in [-0.05, 0) is 147 Å². The van der Waals surface area contributed by atoms with E-state index in [1.54, 1.807) is 0 Å². The average molecular weight is 677 g/mol. The molecule has 7 rings (SSSR count). The smallest absolute Gasteiger partial charge is 0.307 e. The molecule has 0 heterocycles. The Labute approximate surface area is 247 Å². The molecule has 8 heteroatoms. The number of thiol groups is 1. The summed E-state index contributed by atoms with van der Waals surface area (Å²) in [5.74, 6) is -0.124. The van der Waals surface area contributed by atoms with E-state index >= 15 is 0 Å². The van der Waals surface area contributed by atoms with Crippen LogP contribution in [0.3, 0.4) is 0 Å². The van der Waals surface area contributed by atoms with Crippen LogP contribution in [-0.2, 0) is 25.1 Å². The quantitative estimate of drug-likeness (QED) is 0.114. The van der Waals surface area contributed by atoms with Crippen molar-refractivity contribution in [2.24, 2.45) is 11.8 Å². The molecule has 4 aliphatic carbocycles. The lowest BCUT2D eigenvalue weighted by molar-refractivity contribution is -0.190. The summed E-state index contributed by atoms with van der Waals surface area (Å²) in [4.78, 5) is 16.7. The normalized spacial score (nSPS) is 28.7. The second kappa shape index (κ2) is 10.5. The molecule has 0 spiro atoms. The number of hydrogen-bond acceptors (Lipinski definition) is 4. The number of hydrogen-bond donors (Lipinski definition) is 2. The molecule has 5 nitrogen and oxygen atoms in total. The van der Waals surface area contributed by atoms with E-state index in [2.05, 4.69) is 101 Å². The molecule has 0 saturated heterocycles. The van der Waals surface area contributed by atoms with Gasteiger partial charge in [0, 0.05) is 3.57 Å². The maximum Gasteiger partial charge on any atom is 0.307 e. The Bertz CT molecular complexity index is 1460. The SMILES string of the molecule is O=C(CCS(=O)(=O)O)OC12CC3CC(C1)CC(c1cccc([SH](c4ccccc4)c4ccc(I)cc4)c1)(C3)C2. The van der Waals surface area contributed by atoms with Crippen LogP contribution >= 0.6 is 33.5 Å². The molecule has 3 aromatic rings. The number of esters is 1. The van der Waals surface area contributed by atoms with E-state index in [0.717, 1.165) is 32.1 Å². The largest absolute Gasteiger partial charge is 0.459 e. The van der Waals surface area contributed by atoms with Gasteiger partial charge in [0.25, 0.3) is 10.1 Å². The van der Waals surface area contributed by atoms with Gasteiger partial charge in [-0.3, -0.25) is 9.35 Å². The highest BCUT2D eigenvalue weighted by atomic mass is 127. The van der Waals surface area contributed by atoms with Crippen molar-refractivity contribution in [1.82, 2.24) is 0 Å². The molecular weight excluding hydrogens is 643 g/mol. The summed E-state index contributed by atoms with van der Waals surface area (Å²) in [7, 11) is -4.93. The second-order valence-corrected chi connectivity index (χ2v) is 16.7. The Balaban J connectivity index is 1.34. The zero-order chi connectivity index (χ0) is 27.3. The first-order valence-electron chi connectivity index (χ1n) is 13.5. The second-order valence-electron chi connectivity index (χ2n) is 11.6. The Morgan fingerprint density at radius 2 is 1.54 bits per heavy atom. The first kappa shape index (κ1) is 27.3. The van der Waals surface area contributed by atoms with Crippen LogP contribution in [0.4, 0.5) is 0 Å². The molecule has 39 heavy (non-hydrogen) atoms. The van der Waals surface area contributed by atoms with Gasteiger partial charge >= 0.3 is 5.97 Å². The van der Waals surface area contributed by atoms with Crippen molar-refractivity contribution in [2.75, 3.05) is 5.75 Å². The Kier molecular flexibility index (Phi) is 7.35. The van der Waals surface area contributed by atoms with Crippen LogP contribution in [0.1, 0.15) is 50.5 Å². The van der Waals surface area contributed by atoms with Gasteiger partial charge in [-0.2, -0.15) is 19.3 Å². The predicted octanol–water partition coefficient (Wildman–Crippen LogP) is 7.18. The highest BCUT2D eigenvalue weighted by Gasteiger charge is 2.60. The lowest BCUT2D eigenvalue weighted by Crippen LogP contribution is -2.59. The fourth-order valence-corrected chi connectivity index (χ4v) is 10.8. The van der Waals surface area contributed by atoms with Crippen LogP contribution in [0.2, 0.25) is 0 Å². The van der Waals surface area contributed by atoms with Crippen molar-refractivity contribution >= 4 is 49.6 Å². The van der Waals surface area contributed by atoms with Crippen LogP contribution in [0, 0.1) is 15.4 Å². The van der Waals surface area contributed by atoms with E-state index in [0.29, 0.717) is 11.8 Å². The lowest BCUT2D eigenvalue weighted by atomic mass is 9.46. The summed E-state index contributed by atoms with van der Waals surface area (Å²) in [6.45, 7) is 0. The monoisotopic (exact) mass is 676 g/mol. The number of carbonyl (C=O) groups excluding carboxylic acids is 1. The molecule has 3 atom stereocenters. The molecular formula is C31H33IO5S2. The molecule has 0 aliphatic heterocycles. The number of halogens is 1. The van der Waals surface area contributed by atoms with Gasteiger partial charge in [0.05, 0.1) is 12.2 Å². The molecule has 4 aliphatic rings. The van der Waals surface area contributed by atoms with Gasteiger partial charge in [0.1, 0.15) is 5.60 Å². The average Bonchev–Trinajstić information content (AvgIpc) is 2.88. The first-order chi connectivity index (χ1) is 18.6. The van der Waals surface area contributed by atoms with E-state index in [9.17, 15) is 13.2 Å². The third kappa shape index (κ3) is 5.80. The van der Waals surface area contributed by atoms with Gasteiger partial charge in [0.15, 0.2) is 0 Å². The molecule has 4 saturated carbocycles. The molecule has 0 radical (unpaired) electrons. The van der Waals surface area contributed by atoms with Crippen molar-refractivity contribution in [1.29, 1.82) is 0 Å². The highest BCUT2D eigenvalue weighted by Crippen LogP contribution is 2.64. The molecule has 4 bridgehead atoms. The van der Waals surface area contributed by atoms with Crippen molar-refractivity contribution in [2.45, 2.75) is 70.6 Å². The predicted molar refractivity (Wildman–Crippen MR) is 162 cm³/mol. The zero-order valence-corrected chi connectivity index (χ0v) is 25.5. The minimum atomic E-state index is -4.20. The zero-order valence-electron chi connectivity index (χ0n) is 21.6. The third-order valence-electron chi connectivity index (χ3n) is 8.72. The summed E-state index contributed by atoms with van der Waals surface area (Å²) >= 11 is 2.35. The van der Waals surface area contributed by atoms with Gasteiger partial charge in [-0.15, -0.1) is 0 Å². The summed E-state index contributed by atoms with van der Waals surface area (Å²) < 4.78 is 38.8. The fourth-order valence-electron chi connectivity index (χ4n) is 7.73. The van der Waals surface area contributed by atoms with Crippen molar-refractivity contribution in [3.63, 3.8) is 0 Å². The van der Waals surface area contributed by atoms with Crippen LogP contribution in [0.15, 0.2) is 93.5 Å². The summed E-state index contributed by atoms with van der Waals surface area (Å²) in [6.07, 6.45) is 5.54. The van der Waals surface area contributed by atoms with Crippen molar-refractivity contribution < 1.29 is 22.5 Å². The number of carbonyl (C=O) groups is 1. The van der Waals surface area contributed by atoms with E-state index in [4.69, 9.17) is 9.29 Å². The summed E-state index contributed by atoms with van der Waals surface area (Å²) in [5.41, 5.74) is 0.741. The lowest BCUT2D eigenvalue weighted by Gasteiger charge is -2.61. The first-order valence-corrected chi connectivity index (χ1v) is 17.5. The van der Waals surface area contributed by atoms with E-state index in [-0.39, 0.29) is 11.8 Å². The van der Waals surface area contributed by atoms with Crippen LogP contribution in [-0.4, -0.2) is 30.3 Å². The third-order valence-corrected chi connectivity index (χ3v) is 12.6. The molecule has 3 aromatic carbocycles. The fraction of sp³-hybridized carbons (Fsp3) is 0.387. The van der Waals surface area contributed by atoms with Crippen molar-refractivity contribution in [3.8, 4) is 0 Å². The van der Waals surface area contributed by atoms with E-state index in [1.165, 1.54) is 30.2 Å². The van der Waals surface area contributed by atoms with Gasteiger partial charge in [-0.1, -0.05) is 30.3 Å². The summed E-state index contributed by atoms with van der Waals surface area (Å²) in [6, 6.07) is 28.7. The molecule has 4 fully saturated rings. The van der Waals surface area contributed by atoms with E-state index < -0.39 is 38.3 Å². The number of rotatable bonds is 8. The van der Waals surface area contributed by atoms with Crippen LogP contribution in [0.5, 0.6) is 0 Å². The molecule has 0 aromatic heterocycles. The Morgan fingerprint density at radius 3 is 2.21 bits per heavy atom. The topological polar surface area (TPSA) is 80.7 Å². The standard InChI is InChI=1S/C31H33IO5S2/c32-25-9-11-27(12-10-25)38(26-6-2-1-3-7-26)28-8-4-5-24(16-28)30-17-22-15-23(18-30)20-31(19-22,21-30)37-29(33)13-14-39(34,35)36/h1-12,16,22-23,38H,13-15,17-21H2,(H,34,35,36). The van der Waals surface area contributed by atoms with Gasteiger partial charge in [-0.25, -0.2) is 0 Å². The Hall–Kier alpha value is -1.88. The Morgan fingerprint density at radius 1 is 0.897 bits per heavy atom. The molecule has 206 valence electrons. The van der Waals surface area contributed by atoms with Gasteiger partial charge in [0.2, 0.25) is 0 Å². The van der Waals surface area contributed by atoms with Gasteiger partial charge < -0.3 is 4.74 Å². The minimum absolute atomic E-state index is 0.0484. The maximum atomic E-state index is 12.7. The molecule has 0 amide bonds. The maximum absolute atomic E-state index is 12.7. The number of benzene rings is 3. The molecule has 3 unspecified atom stereocenters. The van der Waals surface area contributed by atoms with Crippen LogP contribution in [0.25, 0.3) is 0 Å². The number of ether oxygens (including phenoxy) is 1. The highest BCUT2D eigenvalue weighted by molar-refractivity contribution is 14.1. The summed E-state index contributed by atoms with van der Waals surface area (Å²) in [5, 5.41) is 0.